The van der Waals surface area contributed by atoms with E-state index >= 15 is 0 Å². The average molecular weight is 386 g/mol. The summed E-state index contributed by atoms with van der Waals surface area (Å²) in [6, 6.07) is 6.09. The van der Waals surface area contributed by atoms with Crippen molar-refractivity contribution in [2.75, 3.05) is 0 Å². The summed E-state index contributed by atoms with van der Waals surface area (Å²) in [5.41, 5.74) is 1.15. The molecule has 6 nitrogen and oxygen atoms in total. The van der Waals surface area contributed by atoms with Gasteiger partial charge in [0.1, 0.15) is 16.9 Å². The number of fused-ring (bicyclic) bond motifs is 1. The van der Waals surface area contributed by atoms with Gasteiger partial charge in [-0.25, -0.2) is 4.98 Å². The maximum Gasteiger partial charge on any atom is 0.303 e. The van der Waals surface area contributed by atoms with Crippen LogP contribution in [0, 0.1) is 0 Å². The van der Waals surface area contributed by atoms with Gasteiger partial charge >= 0.3 is 5.97 Å². The summed E-state index contributed by atoms with van der Waals surface area (Å²) in [7, 11) is 0. The summed E-state index contributed by atoms with van der Waals surface area (Å²) in [5.74, 6) is 0.669. The Morgan fingerprint density at radius 2 is 2.19 bits per heavy atom. The van der Waals surface area contributed by atoms with Crippen LogP contribution in [0.15, 0.2) is 40.5 Å². The van der Waals surface area contributed by atoms with Crippen molar-refractivity contribution in [1.29, 1.82) is 0 Å². The highest BCUT2D eigenvalue weighted by molar-refractivity contribution is 7.99. The SMILES string of the molecule is O=C(O)CCC1CCc2cc(Sc3cncc(OC4CCC4)n3)ccc2O1. The fourth-order valence-corrected chi connectivity index (χ4v) is 4.02. The van der Waals surface area contributed by atoms with Crippen LogP contribution in [0.25, 0.3) is 0 Å². The van der Waals surface area contributed by atoms with Gasteiger partial charge in [0, 0.05) is 11.3 Å². The zero-order valence-corrected chi connectivity index (χ0v) is 15.8. The van der Waals surface area contributed by atoms with Crippen molar-refractivity contribution >= 4 is 17.7 Å². The van der Waals surface area contributed by atoms with Crippen LogP contribution in [0.3, 0.4) is 0 Å². The highest BCUT2D eigenvalue weighted by Gasteiger charge is 2.22. The summed E-state index contributed by atoms with van der Waals surface area (Å²) >= 11 is 1.56. The maximum atomic E-state index is 10.7. The van der Waals surface area contributed by atoms with Gasteiger partial charge in [-0.1, -0.05) is 11.8 Å². The normalized spacial score (nSPS) is 18.9. The minimum absolute atomic E-state index is 0.0155. The molecular formula is C20H22N2O4S. The molecule has 0 amide bonds. The summed E-state index contributed by atoms with van der Waals surface area (Å²) < 4.78 is 11.8. The van der Waals surface area contributed by atoms with Crippen molar-refractivity contribution in [3.05, 3.63) is 36.2 Å². The van der Waals surface area contributed by atoms with Crippen LogP contribution in [0.1, 0.15) is 44.1 Å². The van der Waals surface area contributed by atoms with Crippen molar-refractivity contribution in [3.8, 4) is 11.6 Å². The Morgan fingerprint density at radius 3 is 2.96 bits per heavy atom. The van der Waals surface area contributed by atoms with Crippen molar-refractivity contribution in [2.45, 2.75) is 67.1 Å². The number of nitrogens with zero attached hydrogens (tertiary/aromatic N) is 2. The molecule has 7 heteroatoms. The van der Waals surface area contributed by atoms with Gasteiger partial charge in [0.15, 0.2) is 0 Å². The van der Waals surface area contributed by atoms with Gasteiger partial charge in [-0.2, -0.15) is 0 Å². The van der Waals surface area contributed by atoms with E-state index in [2.05, 4.69) is 16.0 Å². The number of rotatable bonds is 7. The predicted molar refractivity (Wildman–Crippen MR) is 100 cm³/mol. The fourth-order valence-electron chi connectivity index (χ4n) is 3.19. The number of aliphatic carboxylic acids is 1. The Balaban J connectivity index is 1.39. The van der Waals surface area contributed by atoms with Crippen LogP contribution in [-0.4, -0.2) is 33.3 Å². The molecule has 4 rings (SSSR count). The topological polar surface area (TPSA) is 81.5 Å². The van der Waals surface area contributed by atoms with E-state index in [1.807, 2.05) is 12.1 Å². The highest BCUT2D eigenvalue weighted by Crippen LogP contribution is 2.35. The Labute approximate surface area is 162 Å². The molecule has 1 aromatic heterocycles. The Morgan fingerprint density at radius 1 is 1.30 bits per heavy atom. The Kier molecular flexibility index (Phi) is 5.48. The van der Waals surface area contributed by atoms with Crippen LogP contribution >= 0.6 is 11.8 Å². The van der Waals surface area contributed by atoms with E-state index < -0.39 is 5.97 Å². The molecule has 1 N–H and O–H groups in total. The number of carboxylic acid groups (broad SMARTS) is 1. The molecule has 1 fully saturated rings. The number of benzene rings is 1. The van der Waals surface area contributed by atoms with Gasteiger partial charge in [-0.3, -0.25) is 9.78 Å². The molecule has 0 bridgehead atoms. The lowest BCUT2D eigenvalue weighted by atomic mass is 9.96. The summed E-state index contributed by atoms with van der Waals surface area (Å²) in [6.45, 7) is 0. The first-order valence-electron chi connectivity index (χ1n) is 9.33. The van der Waals surface area contributed by atoms with Crippen molar-refractivity contribution < 1.29 is 19.4 Å². The van der Waals surface area contributed by atoms with E-state index in [-0.39, 0.29) is 18.6 Å². The van der Waals surface area contributed by atoms with Gasteiger partial charge in [0.25, 0.3) is 0 Å². The minimum atomic E-state index is -0.777. The lowest BCUT2D eigenvalue weighted by molar-refractivity contribution is -0.137. The van der Waals surface area contributed by atoms with Crippen LogP contribution in [0.5, 0.6) is 11.6 Å². The quantitative estimate of drug-likeness (QED) is 0.766. The fraction of sp³-hybridized carbons (Fsp3) is 0.450. The van der Waals surface area contributed by atoms with Crippen molar-refractivity contribution in [3.63, 3.8) is 0 Å². The standard InChI is InChI=1S/C20H22N2O4S/c23-20(24)9-6-15-5-4-13-10-16(7-8-17(13)25-15)27-19-12-21-11-18(22-19)26-14-2-1-3-14/h7-8,10-12,14-15H,1-6,9H2,(H,23,24). The molecule has 1 unspecified atom stereocenters. The first kappa shape index (κ1) is 18.1. The largest absolute Gasteiger partial charge is 0.490 e. The molecule has 2 heterocycles. The number of aromatic nitrogens is 2. The zero-order chi connectivity index (χ0) is 18.6. The zero-order valence-electron chi connectivity index (χ0n) is 15.0. The lowest BCUT2D eigenvalue weighted by Crippen LogP contribution is -2.25. The second kappa shape index (κ2) is 8.17. The van der Waals surface area contributed by atoms with E-state index in [1.54, 1.807) is 24.2 Å². The van der Waals surface area contributed by atoms with Crippen LogP contribution in [0.2, 0.25) is 0 Å². The number of carbonyl (C=O) groups is 1. The number of ether oxygens (including phenoxy) is 2. The summed E-state index contributed by atoms with van der Waals surface area (Å²) in [5, 5.41) is 9.63. The van der Waals surface area contributed by atoms with E-state index in [9.17, 15) is 4.79 Å². The Hall–Kier alpha value is -2.28. The van der Waals surface area contributed by atoms with Gasteiger partial charge in [-0.15, -0.1) is 0 Å². The Bertz CT molecular complexity index is 825. The third-order valence-corrected chi connectivity index (χ3v) is 5.79. The van der Waals surface area contributed by atoms with Gasteiger partial charge < -0.3 is 14.6 Å². The number of hydrogen-bond donors (Lipinski definition) is 1. The maximum absolute atomic E-state index is 10.7. The van der Waals surface area contributed by atoms with Gasteiger partial charge in [0.05, 0.1) is 18.5 Å². The highest BCUT2D eigenvalue weighted by atomic mass is 32.2. The first-order valence-corrected chi connectivity index (χ1v) is 10.2. The summed E-state index contributed by atoms with van der Waals surface area (Å²) in [6.07, 6.45) is 9.53. The van der Waals surface area contributed by atoms with E-state index in [0.717, 1.165) is 46.9 Å². The smallest absolute Gasteiger partial charge is 0.303 e. The molecule has 0 spiro atoms. The minimum Gasteiger partial charge on any atom is -0.490 e. The van der Waals surface area contributed by atoms with Crippen LogP contribution in [-0.2, 0) is 11.2 Å². The number of hydrogen-bond acceptors (Lipinski definition) is 6. The second-order valence-electron chi connectivity index (χ2n) is 6.95. The van der Waals surface area contributed by atoms with Crippen molar-refractivity contribution in [2.24, 2.45) is 0 Å². The molecule has 27 heavy (non-hydrogen) atoms. The van der Waals surface area contributed by atoms with Gasteiger partial charge in [-0.05, 0) is 62.3 Å². The van der Waals surface area contributed by atoms with Crippen LogP contribution < -0.4 is 9.47 Å². The monoisotopic (exact) mass is 386 g/mol. The van der Waals surface area contributed by atoms with Gasteiger partial charge in [0.2, 0.25) is 5.88 Å². The average Bonchev–Trinajstić information content (AvgIpc) is 2.63. The van der Waals surface area contributed by atoms with Crippen molar-refractivity contribution in [1.82, 2.24) is 9.97 Å². The molecule has 142 valence electrons. The molecule has 1 atom stereocenters. The molecule has 1 saturated carbocycles. The van der Waals surface area contributed by atoms with E-state index in [4.69, 9.17) is 14.6 Å². The molecule has 0 radical (unpaired) electrons. The van der Waals surface area contributed by atoms with Crippen LogP contribution in [0.4, 0.5) is 0 Å². The lowest BCUT2D eigenvalue weighted by Gasteiger charge is -2.26. The molecule has 1 aliphatic heterocycles. The predicted octanol–water partition coefficient (Wildman–Crippen LogP) is 4.12. The molecule has 2 aliphatic rings. The molecule has 2 aromatic rings. The molecule has 1 aromatic carbocycles. The molecule has 0 saturated heterocycles. The number of carboxylic acids is 1. The summed E-state index contributed by atoms with van der Waals surface area (Å²) in [4.78, 5) is 20.6. The molecule has 1 aliphatic carbocycles. The number of aryl methyl sites for hydroxylation is 1. The van der Waals surface area contributed by atoms with E-state index in [1.165, 1.54) is 6.42 Å². The third kappa shape index (κ3) is 4.71. The van der Waals surface area contributed by atoms with E-state index in [0.29, 0.717) is 12.3 Å². The molecular weight excluding hydrogens is 364 g/mol. The second-order valence-corrected chi connectivity index (χ2v) is 8.04. The first-order chi connectivity index (χ1) is 13.2. The third-order valence-electron chi connectivity index (χ3n) is 4.89.